The maximum Gasteiger partial charge on any atom is 0.211 e. The highest BCUT2D eigenvalue weighted by molar-refractivity contribution is 7.15. The zero-order valence-electron chi connectivity index (χ0n) is 11.9. The summed E-state index contributed by atoms with van der Waals surface area (Å²) in [6.45, 7) is 4.99. The molecule has 6 nitrogen and oxygen atoms in total. The standard InChI is InChI=1S/C13H18N6S/c1-8-14-10(11-5-4-6-19(11)3)7-12(15-8)16-13-18-17-9(2)20-13/h7,11H,4-6H2,1-3H3,(H,14,15,16,18)/t11-/m0/s1. The van der Waals surface area contributed by atoms with Crippen LogP contribution in [0.1, 0.15) is 35.4 Å². The number of likely N-dealkylation sites (tertiary alicyclic amines) is 1. The molecule has 0 aliphatic carbocycles. The van der Waals surface area contributed by atoms with Crippen molar-refractivity contribution in [1.29, 1.82) is 0 Å². The lowest BCUT2D eigenvalue weighted by molar-refractivity contribution is 0.311. The van der Waals surface area contributed by atoms with Crippen LogP contribution in [0.5, 0.6) is 0 Å². The van der Waals surface area contributed by atoms with Gasteiger partial charge in [-0.3, -0.25) is 4.90 Å². The van der Waals surface area contributed by atoms with E-state index in [9.17, 15) is 0 Å². The van der Waals surface area contributed by atoms with Gasteiger partial charge < -0.3 is 5.32 Å². The van der Waals surface area contributed by atoms with Gasteiger partial charge in [-0.25, -0.2) is 9.97 Å². The van der Waals surface area contributed by atoms with Crippen molar-refractivity contribution in [2.24, 2.45) is 0 Å². The van der Waals surface area contributed by atoms with Gasteiger partial charge in [0.1, 0.15) is 16.6 Å². The molecule has 1 aliphatic rings. The Morgan fingerprint density at radius 2 is 2.15 bits per heavy atom. The summed E-state index contributed by atoms with van der Waals surface area (Å²) in [5.41, 5.74) is 1.08. The molecule has 20 heavy (non-hydrogen) atoms. The minimum atomic E-state index is 0.397. The van der Waals surface area contributed by atoms with Gasteiger partial charge in [-0.1, -0.05) is 11.3 Å². The highest BCUT2D eigenvalue weighted by atomic mass is 32.1. The van der Waals surface area contributed by atoms with Gasteiger partial charge in [0.05, 0.1) is 11.7 Å². The van der Waals surface area contributed by atoms with Crippen LogP contribution in [0.4, 0.5) is 10.9 Å². The number of nitrogens with zero attached hydrogens (tertiary/aromatic N) is 5. The Hall–Kier alpha value is -1.60. The van der Waals surface area contributed by atoms with Gasteiger partial charge in [-0.05, 0) is 40.3 Å². The molecule has 1 aliphatic heterocycles. The molecule has 0 radical (unpaired) electrons. The summed E-state index contributed by atoms with van der Waals surface area (Å²) < 4.78 is 0. The second-order valence-corrected chi connectivity index (χ2v) is 6.30. The first-order valence-electron chi connectivity index (χ1n) is 6.75. The number of rotatable bonds is 3. The van der Waals surface area contributed by atoms with E-state index in [1.807, 2.05) is 19.9 Å². The van der Waals surface area contributed by atoms with Crippen molar-refractivity contribution in [3.8, 4) is 0 Å². The van der Waals surface area contributed by atoms with Crippen LogP contribution >= 0.6 is 11.3 Å². The molecule has 0 unspecified atom stereocenters. The highest BCUT2D eigenvalue weighted by Gasteiger charge is 2.24. The molecule has 2 aromatic rings. The summed E-state index contributed by atoms with van der Waals surface area (Å²) in [6.07, 6.45) is 2.38. The quantitative estimate of drug-likeness (QED) is 0.936. The third kappa shape index (κ3) is 2.78. The van der Waals surface area contributed by atoms with E-state index in [1.165, 1.54) is 17.8 Å². The summed E-state index contributed by atoms with van der Waals surface area (Å²) in [5.74, 6) is 1.58. The average molecular weight is 290 g/mol. The molecule has 1 fully saturated rings. The van der Waals surface area contributed by atoms with E-state index in [0.717, 1.165) is 40.4 Å². The fourth-order valence-corrected chi connectivity index (χ4v) is 3.16. The van der Waals surface area contributed by atoms with E-state index in [0.29, 0.717) is 6.04 Å². The molecule has 0 saturated carbocycles. The third-order valence-corrected chi connectivity index (χ3v) is 4.23. The van der Waals surface area contributed by atoms with Crippen LogP contribution in [0.25, 0.3) is 0 Å². The summed E-state index contributed by atoms with van der Waals surface area (Å²) in [7, 11) is 2.15. The number of hydrogen-bond acceptors (Lipinski definition) is 7. The van der Waals surface area contributed by atoms with E-state index >= 15 is 0 Å². The summed E-state index contributed by atoms with van der Waals surface area (Å²) in [5, 5.41) is 13.0. The molecule has 2 aromatic heterocycles. The van der Waals surface area contributed by atoms with Crippen LogP contribution in [0.15, 0.2) is 6.07 Å². The Balaban J connectivity index is 1.86. The predicted molar refractivity (Wildman–Crippen MR) is 79.3 cm³/mol. The van der Waals surface area contributed by atoms with Crippen molar-refractivity contribution in [2.45, 2.75) is 32.7 Å². The van der Waals surface area contributed by atoms with Crippen LogP contribution in [-0.4, -0.2) is 38.7 Å². The van der Waals surface area contributed by atoms with Gasteiger partial charge in [-0.15, -0.1) is 10.2 Å². The topological polar surface area (TPSA) is 66.8 Å². The third-order valence-electron chi connectivity index (χ3n) is 3.48. The van der Waals surface area contributed by atoms with Gasteiger partial charge in [0, 0.05) is 6.07 Å². The maximum atomic E-state index is 4.59. The monoisotopic (exact) mass is 290 g/mol. The summed E-state index contributed by atoms with van der Waals surface area (Å²) >= 11 is 1.52. The number of hydrogen-bond donors (Lipinski definition) is 1. The zero-order valence-corrected chi connectivity index (χ0v) is 12.7. The summed E-state index contributed by atoms with van der Waals surface area (Å²) in [4.78, 5) is 11.4. The van der Waals surface area contributed by atoms with E-state index in [1.54, 1.807) is 0 Å². The van der Waals surface area contributed by atoms with Crippen molar-refractivity contribution in [3.63, 3.8) is 0 Å². The fraction of sp³-hybridized carbons (Fsp3) is 0.538. The van der Waals surface area contributed by atoms with E-state index < -0.39 is 0 Å². The Morgan fingerprint density at radius 1 is 1.30 bits per heavy atom. The second-order valence-electron chi connectivity index (χ2n) is 5.12. The van der Waals surface area contributed by atoms with Crippen LogP contribution in [0.2, 0.25) is 0 Å². The van der Waals surface area contributed by atoms with Crippen LogP contribution < -0.4 is 5.32 Å². The Bertz CT molecular complexity index is 611. The molecule has 1 N–H and O–H groups in total. The summed E-state index contributed by atoms with van der Waals surface area (Å²) in [6, 6.07) is 2.42. The largest absolute Gasteiger partial charge is 0.315 e. The molecule has 0 amide bonds. The minimum absolute atomic E-state index is 0.397. The van der Waals surface area contributed by atoms with Crippen LogP contribution in [0.3, 0.4) is 0 Å². The molecule has 0 bridgehead atoms. The van der Waals surface area contributed by atoms with Crippen molar-refractivity contribution >= 4 is 22.3 Å². The van der Waals surface area contributed by atoms with E-state index in [-0.39, 0.29) is 0 Å². The second kappa shape index (κ2) is 5.41. The Kier molecular flexibility index (Phi) is 3.62. The lowest BCUT2D eigenvalue weighted by atomic mass is 10.1. The predicted octanol–water partition coefficient (Wildman–Crippen LogP) is 2.46. The molecule has 0 spiro atoms. The smallest absolute Gasteiger partial charge is 0.211 e. The number of aromatic nitrogens is 4. The molecule has 3 heterocycles. The Labute approximate surface area is 122 Å². The van der Waals surface area contributed by atoms with Crippen molar-refractivity contribution in [2.75, 3.05) is 18.9 Å². The average Bonchev–Trinajstić information content (AvgIpc) is 2.97. The van der Waals surface area contributed by atoms with Crippen molar-refractivity contribution in [3.05, 3.63) is 22.6 Å². The molecular formula is C13H18N6S. The lowest BCUT2D eigenvalue weighted by Crippen LogP contribution is -2.19. The number of aryl methyl sites for hydroxylation is 2. The van der Waals surface area contributed by atoms with Gasteiger partial charge in [0.15, 0.2) is 0 Å². The highest BCUT2D eigenvalue weighted by Crippen LogP contribution is 2.30. The van der Waals surface area contributed by atoms with Gasteiger partial charge in [0.2, 0.25) is 5.13 Å². The van der Waals surface area contributed by atoms with Crippen molar-refractivity contribution in [1.82, 2.24) is 25.1 Å². The van der Waals surface area contributed by atoms with Gasteiger partial charge >= 0.3 is 0 Å². The van der Waals surface area contributed by atoms with Gasteiger partial charge in [-0.2, -0.15) is 0 Å². The molecule has 1 saturated heterocycles. The molecule has 1 atom stereocenters. The van der Waals surface area contributed by atoms with Crippen LogP contribution in [-0.2, 0) is 0 Å². The normalized spacial score (nSPS) is 19.4. The maximum absolute atomic E-state index is 4.59. The van der Waals surface area contributed by atoms with Crippen molar-refractivity contribution < 1.29 is 0 Å². The Morgan fingerprint density at radius 3 is 2.80 bits per heavy atom. The number of anilines is 2. The first-order valence-corrected chi connectivity index (χ1v) is 7.56. The lowest BCUT2D eigenvalue weighted by Gasteiger charge is -2.19. The molecule has 7 heteroatoms. The zero-order chi connectivity index (χ0) is 14.1. The van der Waals surface area contributed by atoms with Crippen LogP contribution in [0, 0.1) is 13.8 Å². The minimum Gasteiger partial charge on any atom is -0.315 e. The van der Waals surface area contributed by atoms with E-state index in [4.69, 9.17) is 0 Å². The number of nitrogens with one attached hydrogen (secondary N) is 1. The first kappa shape index (κ1) is 13.4. The molecule has 106 valence electrons. The molecule has 3 rings (SSSR count). The molecule has 0 aromatic carbocycles. The van der Waals surface area contributed by atoms with Gasteiger partial charge in [0.25, 0.3) is 0 Å². The fourth-order valence-electron chi connectivity index (χ4n) is 2.57. The SMILES string of the molecule is Cc1nc(Nc2nnc(C)s2)cc([C@@H]2CCCN2C)n1. The first-order chi connectivity index (χ1) is 9.61. The molecular weight excluding hydrogens is 272 g/mol. The van der Waals surface area contributed by atoms with E-state index in [2.05, 4.69) is 37.4 Å².